The van der Waals surface area contributed by atoms with Crippen LogP contribution in [-0.2, 0) is 29.2 Å². The highest BCUT2D eigenvalue weighted by molar-refractivity contribution is 5.89. The summed E-state index contributed by atoms with van der Waals surface area (Å²) < 4.78 is 15.5. The molecule has 0 unspecified atom stereocenters. The molecule has 160 valence electrons. The van der Waals surface area contributed by atoms with Crippen molar-refractivity contribution < 1.29 is 23.8 Å². The third-order valence-electron chi connectivity index (χ3n) is 4.72. The minimum absolute atomic E-state index is 0.182. The summed E-state index contributed by atoms with van der Waals surface area (Å²) in [6.07, 6.45) is -0.442. The monoisotopic (exact) mass is 419 g/mol. The Morgan fingerprint density at radius 1 is 0.774 bits per heavy atom. The van der Waals surface area contributed by atoms with Crippen molar-refractivity contribution in [1.82, 2.24) is 4.90 Å². The van der Waals surface area contributed by atoms with E-state index in [0.29, 0.717) is 12.1 Å². The molecule has 31 heavy (non-hydrogen) atoms. The number of carbonyl (C=O) groups excluding carboxylic acids is 2. The van der Waals surface area contributed by atoms with Crippen LogP contribution in [-0.4, -0.2) is 31.2 Å². The molecule has 0 atom stereocenters. The van der Waals surface area contributed by atoms with E-state index in [1.54, 1.807) is 30.2 Å². The summed E-state index contributed by atoms with van der Waals surface area (Å²) in [7, 11) is 2.95. The van der Waals surface area contributed by atoms with Gasteiger partial charge in [0.25, 0.3) is 0 Å². The van der Waals surface area contributed by atoms with Crippen LogP contribution in [0.3, 0.4) is 0 Å². The fraction of sp³-hybridized carbons (Fsp3) is 0.200. The first-order valence-electron chi connectivity index (χ1n) is 9.85. The lowest BCUT2D eigenvalue weighted by Gasteiger charge is -2.23. The van der Waals surface area contributed by atoms with Crippen molar-refractivity contribution in [3.63, 3.8) is 0 Å². The number of hydrogen-bond acceptors (Lipinski definition) is 5. The maximum Gasteiger partial charge on any atom is 0.410 e. The highest BCUT2D eigenvalue weighted by Gasteiger charge is 2.17. The zero-order chi connectivity index (χ0) is 22.1. The topological polar surface area (TPSA) is 65.1 Å². The van der Waals surface area contributed by atoms with Crippen molar-refractivity contribution in [3.05, 3.63) is 101 Å². The van der Waals surface area contributed by atoms with Gasteiger partial charge >= 0.3 is 12.1 Å². The molecular formula is C25H25NO5. The molecule has 0 spiro atoms. The van der Waals surface area contributed by atoms with Gasteiger partial charge in [0, 0.05) is 13.1 Å². The Kier molecular flexibility index (Phi) is 7.65. The van der Waals surface area contributed by atoms with Crippen LogP contribution in [0, 0.1) is 0 Å². The van der Waals surface area contributed by atoms with Gasteiger partial charge in [0.2, 0.25) is 0 Å². The van der Waals surface area contributed by atoms with Gasteiger partial charge in [-0.1, -0.05) is 54.6 Å². The fourth-order valence-electron chi connectivity index (χ4n) is 3.08. The van der Waals surface area contributed by atoms with Gasteiger partial charge in [-0.2, -0.15) is 0 Å². The summed E-state index contributed by atoms with van der Waals surface area (Å²) in [6, 6.07) is 24.0. The van der Waals surface area contributed by atoms with Gasteiger partial charge in [-0.25, -0.2) is 9.59 Å². The van der Waals surface area contributed by atoms with E-state index in [9.17, 15) is 9.59 Å². The molecule has 0 N–H and O–H groups in total. The van der Waals surface area contributed by atoms with Crippen molar-refractivity contribution in [2.24, 2.45) is 0 Å². The van der Waals surface area contributed by atoms with E-state index in [4.69, 9.17) is 14.2 Å². The van der Waals surface area contributed by atoms with Crippen molar-refractivity contribution in [2.75, 3.05) is 14.2 Å². The van der Waals surface area contributed by atoms with Crippen LogP contribution in [0.25, 0.3) is 0 Å². The highest BCUT2D eigenvalue weighted by atomic mass is 16.6. The first kappa shape index (κ1) is 21.9. The number of esters is 1. The number of nitrogens with zero attached hydrogens (tertiary/aromatic N) is 1. The predicted molar refractivity (Wildman–Crippen MR) is 117 cm³/mol. The van der Waals surface area contributed by atoms with Gasteiger partial charge in [-0.15, -0.1) is 0 Å². The Bertz CT molecular complexity index is 1000. The molecule has 3 aromatic rings. The average molecular weight is 419 g/mol. The van der Waals surface area contributed by atoms with E-state index in [0.717, 1.165) is 22.4 Å². The number of ether oxygens (including phenoxy) is 3. The molecule has 6 heteroatoms. The zero-order valence-electron chi connectivity index (χ0n) is 17.6. The summed E-state index contributed by atoms with van der Waals surface area (Å²) in [4.78, 5) is 26.4. The first-order valence-corrected chi connectivity index (χ1v) is 9.85. The lowest BCUT2D eigenvalue weighted by Crippen LogP contribution is -2.30. The third kappa shape index (κ3) is 6.34. The maximum absolute atomic E-state index is 12.9. The van der Waals surface area contributed by atoms with Gasteiger partial charge in [0.1, 0.15) is 12.4 Å². The smallest absolute Gasteiger partial charge is 0.410 e. The average Bonchev–Trinajstić information content (AvgIpc) is 2.83. The molecule has 0 radical (unpaired) electrons. The summed E-state index contributed by atoms with van der Waals surface area (Å²) in [5.41, 5.74) is 3.07. The molecule has 0 aliphatic rings. The Balaban J connectivity index is 1.77. The van der Waals surface area contributed by atoms with Crippen LogP contribution >= 0.6 is 0 Å². The summed E-state index contributed by atoms with van der Waals surface area (Å²) in [6.45, 7) is 0.811. The zero-order valence-corrected chi connectivity index (χ0v) is 17.6. The molecule has 0 aliphatic carbocycles. The van der Waals surface area contributed by atoms with Gasteiger partial charge in [-0.05, 0) is 41.0 Å². The molecule has 0 aromatic heterocycles. The van der Waals surface area contributed by atoms with Crippen LogP contribution in [0.1, 0.15) is 27.0 Å². The first-order chi connectivity index (χ1) is 15.1. The Morgan fingerprint density at radius 3 is 2.13 bits per heavy atom. The Morgan fingerprint density at radius 2 is 1.45 bits per heavy atom. The van der Waals surface area contributed by atoms with Gasteiger partial charge in [0.15, 0.2) is 0 Å². The third-order valence-corrected chi connectivity index (χ3v) is 4.72. The normalized spacial score (nSPS) is 10.3. The SMILES string of the molecule is COC(=O)c1cccc(CN(Cc2ccc(OC)cc2)C(=O)OCc2ccccc2)c1. The van der Waals surface area contributed by atoms with E-state index in [-0.39, 0.29) is 13.2 Å². The van der Waals surface area contributed by atoms with E-state index >= 15 is 0 Å². The van der Waals surface area contributed by atoms with Crippen molar-refractivity contribution in [3.8, 4) is 5.75 Å². The molecule has 0 saturated heterocycles. The second-order valence-corrected chi connectivity index (χ2v) is 6.94. The van der Waals surface area contributed by atoms with Crippen LogP contribution < -0.4 is 4.74 Å². The van der Waals surface area contributed by atoms with E-state index in [2.05, 4.69) is 0 Å². The molecule has 3 rings (SSSR count). The Labute approximate surface area is 182 Å². The molecule has 0 heterocycles. The van der Waals surface area contributed by atoms with E-state index in [1.807, 2.05) is 60.7 Å². The summed E-state index contributed by atoms with van der Waals surface area (Å²) in [5, 5.41) is 0. The number of carbonyl (C=O) groups is 2. The van der Waals surface area contributed by atoms with Gasteiger partial charge < -0.3 is 14.2 Å². The van der Waals surface area contributed by atoms with Crippen molar-refractivity contribution in [2.45, 2.75) is 19.7 Å². The van der Waals surface area contributed by atoms with Crippen molar-refractivity contribution >= 4 is 12.1 Å². The largest absolute Gasteiger partial charge is 0.497 e. The number of rotatable bonds is 8. The van der Waals surface area contributed by atoms with Crippen molar-refractivity contribution in [1.29, 1.82) is 0 Å². The standard InChI is InChI=1S/C25H25NO5/c1-29-23-13-11-19(12-14-23)16-26(25(28)31-18-20-7-4-3-5-8-20)17-21-9-6-10-22(15-21)24(27)30-2/h3-15H,16-18H2,1-2H3. The molecule has 0 fully saturated rings. The number of hydrogen-bond donors (Lipinski definition) is 0. The maximum atomic E-state index is 12.9. The highest BCUT2D eigenvalue weighted by Crippen LogP contribution is 2.17. The molecule has 0 aliphatic heterocycles. The van der Waals surface area contributed by atoms with E-state index < -0.39 is 12.1 Å². The molecule has 0 bridgehead atoms. The molecule has 0 saturated carbocycles. The second kappa shape index (κ2) is 10.8. The number of methoxy groups -OCH3 is 2. The van der Waals surface area contributed by atoms with Gasteiger partial charge in [0.05, 0.1) is 19.8 Å². The minimum Gasteiger partial charge on any atom is -0.497 e. The lowest BCUT2D eigenvalue weighted by atomic mass is 10.1. The summed E-state index contributed by atoms with van der Waals surface area (Å²) in [5.74, 6) is 0.322. The van der Waals surface area contributed by atoms with Crippen LogP contribution in [0.2, 0.25) is 0 Å². The van der Waals surface area contributed by atoms with Gasteiger partial charge in [-0.3, -0.25) is 4.90 Å². The Hall–Kier alpha value is -3.80. The minimum atomic E-state index is -0.442. The molecular weight excluding hydrogens is 394 g/mol. The summed E-state index contributed by atoms with van der Waals surface area (Å²) >= 11 is 0. The second-order valence-electron chi connectivity index (χ2n) is 6.94. The molecule has 6 nitrogen and oxygen atoms in total. The van der Waals surface area contributed by atoms with Crippen LogP contribution in [0.5, 0.6) is 5.75 Å². The fourth-order valence-corrected chi connectivity index (χ4v) is 3.08. The lowest BCUT2D eigenvalue weighted by molar-refractivity contribution is 0.0600. The van der Waals surface area contributed by atoms with Crippen LogP contribution in [0.4, 0.5) is 4.79 Å². The van der Waals surface area contributed by atoms with Crippen LogP contribution in [0.15, 0.2) is 78.9 Å². The quantitative estimate of drug-likeness (QED) is 0.490. The van der Waals surface area contributed by atoms with E-state index in [1.165, 1.54) is 7.11 Å². The predicted octanol–water partition coefficient (Wildman–Crippen LogP) is 4.82. The molecule has 3 aromatic carbocycles. The number of amides is 1. The number of benzene rings is 3. The molecule has 1 amide bonds.